The maximum atomic E-state index is 10.8. The maximum absolute atomic E-state index is 10.8. The van der Waals surface area contributed by atoms with Crippen molar-refractivity contribution < 1.29 is 19.2 Å². The molecule has 48 heavy (non-hydrogen) atoms. The number of imidazole rings is 1. The second-order valence-corrected chi connectivity index (χ2v) is 13.0. The van der Waals surface area contributed by atoms with Crippen LogP contribution in [0.5, 0.6) is 0 Å². The van der Waals surface area contributed by atoms with Gasteiger partial charge in [-0.15, -0.1) is 0 Å². The normalized spacial score (nSPS) is 12.7. The predicted molar refractivity (Wildman–Crippen MR) is 193 cm³/mol. The highest BCUT2D eigenvalue weighted by atomic mass is 16.5. The van der Waals surface area contributed by atoms with Gasteiger partial charge >= 0.3 is 5.97 Å². The first-order valence-corrected chi connectivity index (χ1v) is 17.8. The number of hydrogen-bond donors (Lipinski definition) is 2. The minimum atomic E-state index is -0.991. The molecule has 2 heterocycles. The SMILES string of the molecule is CCCCCCCCC(CCCCCCC(N)OCC(=O)O)N(c1ccc(-n2ccnc2)cc1)c1cc(-c2c(C)noc2C)ccc1C. The van der Waals surface area contributed by atoms with Gasteiger partial charge in [-0.25, -0.2) is 9.78 Å². The van der Waals surface area contributed by atoms with Crippen LogP contribution in [0.4, 0.5) is 11.4 Å². The van der Waals surface area contributed by atoms with Gasteiger partial charge in [-0.05, 0) is 87.9 Å². The maximum Gasteiger partial charge on any atom is 0.329 e. The summed E-state index contributed by atoms with van der Waals surface area (Å²) < 4.78 is 12.8. The molecule has 0 aliphatic carbocycles. The Balaban J connectivity index is 1.60. The molecule has 0 aliphatic heterocycles. The number of ether oxygens (including phenoxy) is 1. The third kappa shape index (κ3) is 10.8. The zero-order valence-corrected chi connectivity index (χ0v) is 29.4. The number of unbranched alkanes of at least 4 members (excludes halogenated alkanes) is 8. The standard InChI is InChI=1S/C39H55N5O4/c1-5-6-7-8-9-12-15-34(16-13-10-11-14-17-37(40)47-27-38(45)46)44(35-22-20-33(21-23-35)43-25-24-41-28-43)36-26-32(19-18-29(36)2)39-30(3)42-48-31(39)4/h18-26,28,34,37H,5-17,27,40H2,1-4H3,(H,45,46). The van der Waals surface area contributed by atoms with Crippen LogP contribution in [0.15, 0.2) is 65.7 Å². The number of hydrogen-bond acceptors (Lipinski definition) is 7. The van der Waals surface area contributed by atoms with E-state index in [2.05, 4.69) is 71.4 Å². The van der Waals surface area contributed by atoms with Crippen LogP contribution in [-0.4, -0.2) is 44.7 Å². The second kappa shape index (κ2) is 19.1. The summed E-state index contributed by atoms with van der Waals surface area (Å²) in [7, 11) is 0. The van der Waals surface area contributed by atoms with E-state index < -0.39 is 12.2 Å². The lowest BCUT2D eigenvalue weighted by molar-refractivity contribution is -0.144. The Kier molecular flexibility index (Phi) is 14.7. The van der Waals surface area contributed by atoms with Crippen LogP contribution in [0.1, 0.15) is 107 Å². The molecule has 0 saturated carbocycles. The Morgan fingerprint density at radius 2 is 1.60 bits per heavy atom. The molecule has 9 heteroatoms. The Hall–Kier alpha value is -3.95. The zero-order chi connectivity index (χ0) is 34.3. The molecule has 0 fully saturated rings. The number of aryl methyl sites for hydroxylation is 3. The van der Waals surface area contributed by atoms with Crippen LogP contribution in [0, 0.1) is 20.8 Å². The van der Waals surface area contributed by atoms with Crippen LogP contribution in [0.3, 0.4) is 0 Å². The van der Waals surface area contributed by atoms with Crippen LogP contribution >= 0.6 is 0 Å². The van der Waals surface area contributed by atoms with Gasteiger partial charge in [-0.3, -0.25) is 0 Å². The average Bonchev–Trinajstić information content (AvgIpc) is 3.74. The summed E-state index contributed by atoms with van der Waals surface area (Å²) in [6.07, 6.45) is 19.6. The summed E-state index contributed by atoms with van der Waals surface area (Å²) in [6, 6.07) is 15.9. The molecule has 4 aromatic rings. The third-order valence-corrected chi connectivity index (χ3v) is 9.17. The molecule has 2 aromatic carbocycles. The van der Waals surface area contributed by atoms with Gasteiger partial charge in [0.15, 0.2) is 0 Å². The Morgan fingerprint density at radius 3 is 2.21 bits per heavy atom. The van der Waals surface area contributed by atoms with Gasteiger partial charge < -0.3 is 29.6 Å². The fourth-order valence-corrected chi connectivity index (χ4v) is 6.57. The van der Waals surface area contributed by atoms with E-state index in [-0.39, 0.29) is 6.61 Å². The first-order valence-electron chi connectivity index (χ1n) is 17.8. The number of benzene rings is 2. The van der Waals surface area contributed by atoms with E-state index in [9.17, 15) is 4.79 Å². The molecule has 260 valence electrons. The van der Waals surface area contributed by atoms with Gasteiger partial charge in [0.05, 0.1) is 12.0 Å². The lowest BCUT2D eigenvalue weighted by Gasteiger charge is -2.36. The van der Waals surface area contributed by atoms with Crippen molar-refractivity contribution in [2.75, 3.05) is 11.5 Å². The lowest BCUT2D eigenvalue weighted by atomic mass is 9.95. The summed E-state index contributed by atoms with van der Waals surface area (Å²) >= 11 is 0. The Labute approximate surface area is 286 Å². The fourth-order valence-electron chi connectivity index (χ4n) is 6.57. The number of aliphatic carboxylic acids is 1. The highest BCUT2D eigenvalue weighted by Crippen LogP contribution is 2.38. The van der Waals surface area contributed by atoms with Gasteiger partial charge in [-0.2, -0.15) is 0 Å². The van der Waals surface area contributed by atoms with E-state index in [0.717, 1.165) is 66.8 Å². The third-order valence-electron chi connectivity index (χ3n) is 9.17. The lowest BCUT2D eigenvalue weighted by Crippen LogP contribution is -2.32. The van der Waals surface area contributed by atoms with Crippen molar-refractivity contribution in [2.24, 2.45) is 5.73 Å². The van der Waals surface area contributed by atoms with Crippen molar-refractivity contribution >= 4 is 17.3 Å². The molecule has 0 radical (unpaired) electrons. The zero-order valence-electron chi connectivity index (χ0n) is 29.4. The number of carbonyl (C=O) groups is 1. The molecule has 2 aromatic heterocycles. The largest absolute Gasteiger partial charge is 0.480 e. The Bertz CT molecular complexity index is 1500. The summed E-state index contributed by atoms with van der Waals surface area (Å²) in [5.41, 5.74) is 13.7. The van der Waals surface area contributed by atoms with Crippen molar-refractivity contribution in [3.8, 4) is 16.8 Å². The summed E-state index contributed by atoms with van der Waals surface area (Å²) in [5, 5.41) is 13.1. The van der Waals surface area contributed by atoms with Crippen LogP contribution in [-0.2, 0) is 9.53 Å². The monoisotopic (exact) mass is 657 g/mol. The second-order valence-electron chi connectivity index (χ2n) is 13.0. The molecular formula is C39H55N5O4. The highest BCUT2D eigenvalue weighted by Gasteiger charge is 2.24. The predicted octanol–water partition coefficient (Wildman–Crippen LogP) is 9.44. The molecule has 3 N–H and O–H groups in total. The van der Waals surface area contributed by atoms with Crippen molar-refractivity contribution in [3.05, 3.63) is 78.2 Å². The minimum Gasteiger partial charge on any atom is -0.480 e. The topological polar surface area (TPSA) is 120 Å². The number of aromatic nitrogens is 3. The summed E-state index contributed by atoms with van der Waals surface area (Å²) in [5.74, 6) is -0.162. The first-order chi connectivity index (χ1) is 23.3. The highest BCUT2D eigenvalue weighted by molar-refractivity contribution is 5.77. The quantitative estimate of drug-likeness (QED) is 0.0634. The van der Waals surface area contributed by atoms with E-state index in [0.29, 0.717) is 12.5 Å². The van der Waals surface area contributed by atoms with E-state index in [1.807, 2.05) is 30.9 Å². The number of nitrogens with zero attached hydrogens (tertiary/aromatic N) is 4. The van der Waals surface area contributed by atoms with Gasteiger partial charge in [0, 0.05) is 41.1 Å². The van der Waals surface area contributed by atoms with Crippen molar-refractivity contribution in [1.82, 2.24) is 14.7 Å². The molecule has 0 spiro atoms. The first kappa shape index (κ1) is 36.9. The van der Waals surface area contributed by atoms with Crippen LogP contribution < -0.4 is 10.6 Å². The summed E-state index contributed by atoms with van der Waals surface area (Å²) in [4.78, 5) is 17.6. The fraction of sp³-hybridized carbons (Fsp3) is 0.513. The van der Waals surface area contributed by atoms with Crippen LogP contribution in [0.2, 0.25) is 0 Å². The minimum absolute atomic E-state index is 0.315. The molecule has 0 amide bonds. The molecule has 0 aliphatic rings. The van der Waals surface area contributed by atoms with Gasteiger partial charge in [0.2, 0.25) is 0 Å². The van der Waals surface area contributed by atoms with Crippen molar-refractivity contribution in [1.29, 1.82) is 0 Å². The van der Waals surface area contributed by atoms with E-state index in [1.165, 1.54) is 55.5 Å². The van der Waals surface area contributed by atoms with Gasteiger partial charge in [0.25, 0.3) is 0 Å². The molecule has 2 atom stereocenters. The smallest absolute Gasteiger partial charge is 0.329 e. The van der Waals surface area contributed by atoms with Crippen molar-refractivity contribution in [3.63, 3.8) is 0 Å². The number of carboxylic acid groups (broad SMARTS) is 1. The molecule has 2 unspecified atom stereocenters. The van der Waals surface area contributed by atoms with E-state index >= 15 is 0 Å². The van der Waals surface area contributed by atoms with E-state index in [1.54, 1.807) is 6.20 Å². The number of nitrogens with two attached hydrogens (primary N) is 1. The number of carboxylic acids is 1. The van der Waals surface area contributed by atoms with Gasteiger partial charge in [0.1, 0.15) is 18.6 Å². The Morgan fingerprint density at radius 1 is 0.938 bits per heavy atom. The molecule has 0 bridgehead atoms. The molecular weight excluding hydrogens is 602 g/mol. The molecule has 0 saturated heterocycles. The van der Waals surface area contributed by atoms with Crippen molar-refractivity contribution in [2.45, 2.75) is 123 Å². The van der Waals surface area contributed by atoms with Crippen LogP contribution in [0.25, 0.3) is 16.8 Å². The average molecular weight is 658 g/mol. The number of anilines is 2. The molecule has 4 rings (SSSR count). The molecule has 9 nitrogen and oxygen atoms in total. The van der Waals surface area contributed by atoms with Gasteiger partial charge in [-0.1, -0.05) is 82.0 Å². The summed E-state index contributed by atoms with van der Waals surface area (Å²) in [6.45, 7) is 8.11. The van der Waals surface area contributed by atoms with E-state index in [4.69, 9.17) is 20.1 Å². The number of rotatable bonds is 22.